The van der Waals surface area contributed by atoms with Crippen LogP contribution in [-0.4, -0.2) is 0 Å². The van der Waals surface area contributed by atoms with E-state index in [4.69, 9.17) is 5.26 Å². The number of hydrogen-bond acceptors (Lipinski definition) is 3. The molecule has 0 bridgehead atoms. The first-order valence-corrected chi connectivity index (χ1v) is 5.62. The Morgan fingerprint density at radius 3 is 2.58 bits per heavy atom. The highest BCUT2D eigenvalue weighted by atomic mass is 33.1. The average Bonchev–Trinajstić information content (AvgIpc) is 2.09. The van der Waals surface area contributed by atoms with Crippen LogP contribution < -0.4 is 0 Å². The quantitative estimate of drug-likeness (QED) is 0.592. The van der Waals surface area contributed by atoms with Gasteiger partial charge in [-0.05, 0) is 11.1 Å². The van der Waals surface area contributed by atoms with E-state index in [1.807, 2.05) is 24.3 Å². The van der Waals surface area contributed by atoms with Gasteiger partial charge in [0.05, 0.1) is 12.5 Å². The monoisotopic (exact) mass is 195 g/mol. The number of hydrogen-bond donors (Lipinski definition) is 1. The van der Waals surface area contributed by atoms with Crippen LogP contribution in [0.1, 0.15) is 11.1 Å². The van der Waals surface area contributed by atoms with E-state index in [0.29, 0.717) is 6.42 Å². The molecule has 0 aliphatic heterocycles. The topological polar surface area (TPSA) is 23.8 Å². The first-order valence-electron chi connectivity index (χ1n) is 3.58. The molecule has 0 radical (unpaired) electrons. The van der Waals surface area contributed by atoms with Crippen molar-refractivity contribution in [1.29, 1.82) is 5.26 Å². The van der Waals surface area contributed by atoms with Crippen molar-refractivity contribution in [2.45, 2.75) is 12.2 Å². The van der Waals surface area contributed by atoms with Gasteiger partial charge in [0.1, 0.15) is 0 Å². The van der Waals surface area contributed by atoms with Crippen molar-refractivity contribution in [2.75, 3.05) is 0 Å². The largest absolute Gasteiger partial charge is 0.198 e. The number of nitriles is 1. The third-order valence-electron chi connectivity index (χ3n) is 1.61. The Labute approximate surface area is 81.6 Å². The molecule has 0 atom stereocenters. The predicted octanol–water partition coefficient (Wildman–Crippen LogP) is 2.83. The van der Waals surface area contributed by atoms with E-state index in [0.717, 1.165) is 11.3 Å². The Morgan fingerprint density at radius 2 is 2.00 bits per heavy atom. The zero-order valence-electron chi connectivity index (χ0n) is 6.53. The summed E-state index contributed by atoms with van der Waals surface area (Å²) in [5.74, 6) is 0.862. The van der Waals surface area contributed by atoms with Crippen molar-refractivity contribution >= 4 is 22.5 Å². The van der Waals surface area contributed by atoms with Gasteiger partial charge in [0, 0.05) is 5.75 Å². The van der Waals surface area contributed by atoms with Crippen molar-refractivity contribution in [3.8, 4) is 6.07 Å². The summed E-state index contributed by atoms with van der Waals surface area (Å²) in [5, 5.41) is 8.54. The van der Waals surface area contributed by atoms with Crippen LogP contribution in [0.2, 0.25) is 0 Å². The Hall–Kier alpha value is -0.590. The molecule has 0 spiro atoms. The second-order valence-electron chi connectivity index (χ2n) is 2.38. The van der Waals surface area contributed by atoms with Gasteiger partial charge in [-0.25, -0.2) is 0 Å². The van der Waals surface area contributed by atoms with E-state index in [-0.39, 0.29) is 0 Å². The van der Waals surface area contributed by atoms with E-state index in [9.17, 15) is 0 Å². The smallest absolute Gasteiger partial charge is 0.0669 e. The Balaban J connectivity index is 2.85. The summed E-state index contributed by atoms with van der Waals surface area (Å²) in [5.41, 5.74) is 2.32. The van der Waals surface area contributed by atoms with Gasteiger partial charge in [0.15, 0.2) is 0 Å². The van der Waals surface area contributed by atoms with Crippen LogP contribution in [0.3, 0.4) is 0 Å². The van der Waals surface area contributed by atoms with Crippen molar-refractivity contribution in [3.05, 3.63) is 35.4 Å². The number of benzene rings is 1. The summed E-state index contributed by atoms with van der Waals surface area (Å²) < 4.78 is 0. The summed E-state index contributed by atoms with van der Waals surface area (Å²) in [7, 11) is 1.48. The average molecular weight is 195 g/mol. The normalized spacial score (nSPS) is 9.33. The minimum absolute atomic E-state index is 0.491. The minimum Gasteiger partial charge on any atom is -0.198 e. The fourth-order valence-corrected chi connectivity index (χ4v) is 1.86. The van der Waals surface area contributed by atoms with Crippen LogP contribution in [0.25, 0.3) is 0 Å². The van der Waals surface area contributed by atoms with Gasteiger partial charge in [-0.2, -0.15) is 5.26 Å². The number of nitrogens with zero attached hydrogens (tertiary/aromatic N) is 1. The van der Waals surface area contributed by atoms with Gasteiger partial charge in [0.2, 0.25) is 0 Å². The molecule has 1 aromatic rings. The fourth-order valence-electron chi connectivity index (χ4n) is 1.03. The standard InChI is InChI=1S/C9H9NS2/c10-6-5-8-3-1-2-4-9(8)7-12-11/h1-4,11H,5,7H2. The highest BCUT2D eigenvalue weighted by molar-refractivity contribution is 8.68. The molecule has 0 fully saturated rings. The van der Waals surface area contributed by atoms with Crippen LogP contribution in [0.4, 0.5) is 0 Å². The number of thiol groups is 1. The summed E-state index contributed by atoms with van der Waals surface area (Å²) in [6.45, 7) is 0. The molecule has 0 aliphatic carbocycles. The van der Waals surface area contributed by atoms with Gasteiger partial charge in [0.25, 0.3) is 0 Å². The molecule has 0 N–H and O–H groups in total. The second kappa shape index (κ2) is 5.13. The Bertz CT molecular complexity index is 291. The van der Waals surface area contributed by atoms with E-state index in [1.54, 1.807) is 0 Å². The molecule has 3 heteroatoms. The molecule has 0 aliphatic rings. The highest BCUT2D eigenvalue weighted by Crippen LogP contribution is 2.18. The van der Waals surface area contributed by atoms with Crippen molar-refractivity contribution in [3.63, 3.8) is 0 Å². The van der Waals surface area contributed by atoms with Crippen LogP contribution in [0.5, 0.6) is 0 Å². The molecular weight excluding hydrogens is 186 g/mol. The lowest BCUT2D eigenvalue weighted by molar-refractivity contribution is 1.20. The molecule has 0 heterocycles. The highest BCUT2D eigenvalue weighted by Gasteiger charge is 1.99. The fraction of sp³-hybridized carbons (Fsp3) is 0.222. The number of rotatable bonds is 3. The summed E-state index contributed by atoms with van der Waals surface area (Å²) >= 11 is 4.08. The maximum Gasteiger partial charge on any atom is 0.0669 e. The first kappa shape index (κ1) is 9.50. The molecule has 12 heavy (non-hydrogen) atoms. The summed E-state index contributed by atoms with van der Waals surface area (Å²) in [6, 6.07) is 10.1. The molecule has 0 saturated heterocycles. The lowest BCUT2D eigenvalue weighted by Gasteiger charge is -2.02. The van der Waals surface area contributed by atoms with Crippen LogP contribution >= 0.6 is 22.5 Å². The molecule has 1 aromatic carbocycles. The second-order valence-corrected chi connectivity index (χ2v) is 3.70. The van der Waals surface area contributed by atoms with Gasteiger partial charge in [-0.3, -0.25) is 0 Å². The predicted molar refractivity (Wildman–Crippen MR) is 56.0 cm³/mol. The summed E-state index contributed by atoms with van der Waals surface area (Å²) in [4.78, 5) is 0. The maximum absolute atomic E-state index is 8.54. The molecule has 1 rings (SSSR count). The molecule has 0 aromatic heterocycles. The Morgan fingerprint density at radius 1 is 1.33 bits per heavy atom. The van der Waals surface area contributed by atoms with Crippen molar-refractivity contribution in [1.82, 2.24) is 0 Å². The van der Waals surface area contributed by atoms with E-state index < -0.39 is 0 Å². The molecule has 0 unspecified atom stereocenters. The van der Waals surface area contributed by atoms with Crippen LogP contribution in [0, 0.1) is 11.3 Å². The van der Waals surface area contributed by atoms with E-state index in [2.05, 4.69) is 17.7 Å². The third-order valence-corrected chi connectivity index (χ3v) is 2.44. The lowest BCUT2D eigenvalue weighted by Crippen LogP contribution is -1.89. The zero-order chi connectivity index (χ0) is 8.81. The molecule has 0 amide bonds. The maximum atomic E-state index is 8.54. The van der Waals surface area contributed by atoms with Crippen molar-refractivity contribution < 1.29 is 0 Å². The van der Waals surface area contributed by atoms with Crippen molar-refractivity contribution in [2.24, 2.45) is 0 Å². The zero-order valence-corrected chi connectivity index (χ0v) is 8.24. The Kier molecular flexibility index (Phi) is 4.06. The van der Waals surface area contributed by atoms with Crippen LogP contribution in [0.15, 0.2) is 24.3 Å². The van der Waals surface area contributed by atoms with Crippen LogP contribution in [-0.2, 0) is 12.2 Å². The molecule has 62 valence electrons. The molecule has 1 nitrogen and oxygen atoms in total. The first-order chi connectivity index (χ1) is 5.88. The van der Waals surface area contributed by atoms with E-state index >= 15 is 0 Å². The van der Waals surface area contributed by atoms with Gasteiger partial charge in [-0.15, -0.1) is 11.7 Å². The van der Waals surface area contributed by atoms with E-state index in [1.165, 1.54) is 16.4 Å². The van der Waals surface area contributed by atoms with Gasteiger partial charge >= 0.3 is 0 Å². The third kappa shape index (κ3) is 2.47. The molecule has 0 saturated carbocycles. The SMILES string of the molecule is N#CCc1ccccc1CSS. The molecular formula is C9H9NS2. The minimum atomic E-state index is 0.491. The van der Waals surface area contributed by atoms with Gasteiger partial charge < -0.3 is 0 Å². The summed E-state index contributed by atoms with van der Waals surface area (Å²) in [6.07, 6.45) is 0.491. The van der Waals surface area contributed by atoms with Gasteiger partial charge in [-0.1, -0.05) is 35.1 Å². The lowest BCUT2D eigenvalue weighted by atomic mass is 10.1.